The fourth-order valence-electron chi connectivity index (χ4n) is 1.15. The lowest BCUT2D eigenvalue weighted by Gasteiger charge is -2.16. The molecule has 0 aliphatic heterocycles. The van der Waals surface area contributed by atoms with E-state index in [1.807, 2.05) is 20.9 Å². The Labute approximate surface area is 98.4 Å². The van der Waals surface area contributed by atoms with Crippen LogP contribution in [-0.4, -0.2) is 43.7 Å². The minimum atomic E-state index is -0.844. The number of rotatable bonds is 6. The van der Waals surface area contributed by atoms with E-state index >= 15 is 0 Å². The SMILES string of the molecule is CC(C)NC(CSc1nncn1C)C(=O)O. The maximum Gasteiger partial charge on any atom is 0.321 e. The number of aryl methyl sites for hydroxylation is 1. The molecule has 7 heteroatoms. The number of nitrogens with one attached hydrogen (secondary N) is 1. The molecule has 1 rings (SSSR count). The largest absolute Gasteiger partial charge is 0.480 e. The number of carboxylic acids is 1. The Morgan fingerprint density at radius 3 is 2.81 bits per heavy atom. The first kappa shape index (κ1) is 13.0. The van der Waals surface area contributed by atoms with Crippen LogP contribution in [0.4, 0.5) is 0 Å². The molecule has 0 aliphatic rings. The zero-order chi connectivity index (χ0) is 12.1. The third kappa shape index (κ3) is 3.82. The van der Waals surface area contributed by atoms with E-state index in [4.69, 9.17) is 5.11 Å². The first-order valence-corrected chi connectivity index (χ1v) is 5.95. The van der Waals surface area contributed by atoms with Crippen molar-refractivity contribution in [2.75, 3.05) is 5.75 Å². The van der Waals surface area contributed by atoms with Gasteiger partial charge in [-0.3, -0.25) is 4.79 Å². The normalized spacial score (nSPS) is 13.0. The van der Waals surface area contributed by atoms with Crippen molar-refractivity contribution in [3.05, 3.63) is 6.33 Å². The van der Waals surface area contributed by atoms with Gasteiger partial charge in [0.2, 0.25) is 0 Å². The first-order valence-electron chi connectivity index (χ1n) is 4.96. The average Bonchev–Trinajstić information content (AvgIpc) is 2.57. The topological polar surface area (TPSA) is 80.0 Å². The van der Waals surface area contributed by atoms with E-state index in [2.05, 4.69) is 15.5 Å². The van der Waals surface area contributed by atoms with Crippen molar-refractivity contribution in [3.8, 4) is 0 Å². The lowest BCUT2D eigenvalue weighted by molar-refractivity contribution is -0.139. The van der Waals surface area contributed by atoms with Gasteiger partial charge in [0.05, 0.1) is 0 Å². The summed E-state index contributed by atoms with van der Waals surface area (Å²) in [4.78, 5) is 11.0. The van der Waals surface area contributed by atoms with Gasteiger partial charge in [-0.15, -0.1) is 10.2 Å². The smallest absolute Gasteiger partial charge is 0.321 e. The third-order valence-electron chi connectivity index (χ3n) is 1.88. The zero-order valence-electron chi connectivity index (χ0n) is 9.54. The van der Waals surface area contributed by atoms with Gasteiger partial charge in [-0.2, -0.15) is 0 Å². The summed E-state index contributed by atoms with van der Waals surface area (Å²) >= 11 is 1.38. The van der Waals surface area contributed by atoms with E-state index in [0.29, 0.717) is 5.75 Å². The highest BCUT2D eigenvalue weighted by Crippen LogP contribution is 2.14. The summed E-state index contributed by atoms with van der Waals surface area (Å²) in [5, 5.41) is 20.3. The maximum absolute atomic E-state index is 11.0. The van der Waals surface area contributed by atoms with Crippen molar-refractivity contribution in [2.45, 2.75) is 31.1 Å². The van der Waals surface area contributed by atoms with Crippen molar-refractivity contribution in [1.29, 1.82) is 0 Å². The van der Waals surface area contributed by atoms with Crippen LogP contribution in [0.15, 0.2) is 11.5 Å². The van der Waals surface area contributed by atoms with E-state index in [1.165, 1.54) is 11.8 Å². The van der Waals surface area contributed by atoms with Gasteiger partial charge in [-0.25, -0.2) is 0 Å². The molecule has 0 saturated heterocycles. The standard InChI is InChI=1S/C9H16N4O2S/c1-6(2)11-7(8(14)15)4-16-9-12-10-5-13(9)3/h5-7,11H,4H2,1-3H3,(H,14,15). The predicted octanol–water partition coefficient (Wildman–Crippen LogP) is 0.358. The van der Waals surface area contributed by atoms with Crippen molar-refractivity contribution in [3.63, 3.8) is 0 Å². The molecule has 1 aromatic heterocycles. The second-order valence-corrected chi connectivity index (χ2v) is 4.73. The summed E-state index contributed by atoms with van der Waals surface area (Å²) < 4.78 is 1.76. The van der Waals surface area contributed by atoms with Crippen LogP contribution in [-0.2, 0) is 11.8 Å². The summed E-state index contributed by atoms with van der Waals surface area (Å²) in [6, 6.07) is -0.428. The lowest BCUT2D eigenvalue weighted by Crippen LogP contribution is -2.42. The second kappa shape index (κ2) is 5.86. The molecule has 1 unspecified atom stereocenters. The highest BCUT2D eigenvalue weighted by molar-refractivity contribution is 7.99. The van der Waals surface area contributed by atoms with Gasteiger partial charge in [0.1, 0.15) is 12.4 Å². The highest BCUT2D eigenvalue weighted by atomic mass is 32.2. The number of carboxylic acid groups (broad SMARTS) is 1. The molecule has 6 nitrogen and oxygen atoms in total. The Balaban J connectivity index is 2.50. The number of hydrogen-bond acceptors (Lipinski definition) is 5. The number of aromatic nitrogens is 3. The van der Waals surface area contributed by atoms with Crippen molar-refractivity contribution >= 4 is 17.7 Å². The quantitative estimate of drug-likeness (QED) is 0.703. The van der Waals surface area contributed by atoms with Crippen LogP contribution in [0.2, 0.25) is 0 Å². The Morgan fingerprint density at radius 2 is 2.38 bits per heavy atom. The molecule has 0 fully saturated rings. The molecule has 0 saturated carbocycles. The van der Waals surface area contributed by atoms with Crippen LogP contribution < -0.4 is 5.32 Å². The summed E-state index contributed by atoms with van der Waals surface area (Å²) in [7, 11) is 1.83. The maximum atomic E-state index is 11.0. The molecule has 16 heavy (non-hydrogen) atoms. The van der Waals surface area contributed by atoms with Gasteiger partial charge < -0.3 is 15.0 Å². The number of carbonyl (C=O) groups is 1. The Hall–Kier alpha value is -1.08. The number of nitrogens with zero attached hydrogens (tertiary/aromatic N) is 3. The first-order chi connectivity index (χ1) is 7.50. The van der Waals surface area contributed by atoms with Gasteiger partial charge in [0.25, 0.3) is 0 Å². The fraction of sp³-hybridized carbons (Fsp3) is 0.667. The molecule has 0 aliphatic carbocycles. The van der Waals surface area contributed by atoms with Gasteiger partial charge in [-0.1, -0.05) is 25.6 Å². The van der Waals surface area contributed by atoms with E-state index in [-0.39, 0.29) is 6.04 Å². The zero-order valence-corrected chi connectivity index (χ0v) is 10.4. The molecule has 0 aromatic carbocycles. The Kier molecular flexibility index (Phi) is 4.75. The fourth-order valence-corrected chi connectivity index (χ4v) is 2.06. The Bertz CT molecular complexity index is 353. The van der Waals surface area contributed by atoms with Crippen LogP contribution in [0.25, 0.3) is 0 Å². The van der Waals surface area contributed by atoms with Crippen LogP contribution >= 0.6 is 11.8 Å². The lowest BCUT2D eigenvalue weighted by atomic mass is 10.3. The average molecular weight is 244 g/mol. The minimum Gasteiger partial charge on any atom is -0.480 e. The molecule has 1 aromatic rings. The summed E-state index contributed by atoms with van der Waals surface area (Å²) in [6.07, 6.45) is 1.59. The minimum absolute atomic E-state index is 0.140. The molecule has 2 N–H and O–H groups in total. The van der Waals surface area contributed by atoms with Crippen molar-refractivity contribution < 1.29 is 9.90 Å². The van der Waals surface area contributed by atoms with Gasteiger partial charge >= 0.3 is 5.97 Å². The molecule has 0 bridgehead atoms. The molecule has 0 spiro atoms. The molecule has 0 radical (unpaired) electrons. The van der Waals surface area contributed by atoms with Gasteiger partial charge in [0, 0.05) is 18.8 Å². The van der Waals surface area contributed by atoms with Gasteiger partial charge in [-0.05, 0) is 0 Å². The second-order valence-electron chi connectivity index (χ2n) is 3.75. The molecule has 1 atom stereocenters. The summed E-state index contributed by atoms with van der Waals surface area (Å²) in [5.74, 6) is -0.414. The van der Waals surface area contributed by atoms with Gasteiger partial charge in [0.15, 0.2) is 5.16 Å². The summed E-state index contributed by atoms with van der Waals surface area (Å²) in [5.41, 5.74) is 0. The van der Waals surface area contributed by atoms with Crippen molar-refractivity contribution in [1.82, 2.24) is 20.1 Å². The monoisotopic (exact) mass is 244 g/mol. The molecular weight excluding hydrogens is 228 g/mol. The van der Waals surface area contributed by atoms with Crippen LogP contribution in [0.5, 0.6) is 0 Å². The van der Waals surface area contributed by atoms with Crippen LogP contribution in [0.1, 0.15) is 13.8 Å². The number of thioether (sulfide) groups is 1. The molecular formula is C9H16N4O2S. The highest BCUT2D eigenvalue weighted by Gasteiger charge is 2.19. The Morgan fingerprint density at radius 1 is 1.69 bits per heavy atom. The summed E-state index contributed by atoms with van der Waals surface area (Å²) in [6.45, 7) is 3.84. The molecule has 1 heterocycles. The van der Waals surface area contributed by atoms with Crippen LogP contribution in [0, 0.1) is 0 Å². The van der Waals surface area contributed by atoms with Crippen molar-refractivity contribution in [2.24, 2.45) is 7.05 Å². The number of hydrogen-bond donors (Lipinski definition) is 2. The van der Waals surface area contributed by atoms with E-state index in [9.17, 15) is 4.79 Å². The number of aliphatic carboxylic acids is 1. The van der Waals surface area contributed by atoms with E-state index in [0.717, 1.165) is 5.16 Å². The third-order valence-corrected chi connectivity index (χ3v) is 3.01. The van der Waals surface area contributed by atoms with E-state index in [1.54, 1.807) is 10.9 Å². The van der Waals surface area contributed by atoms with E-state index < -0.39 is 12.0 Å². The molecule has 90 valence electrons. The van der Waals surface area contributed by atoms with Crippen LogP contribution in [0.3, 0.4) is 0 Å². The predicted molar refractivity (Wildman–Crippen MR) is 61.4 cm³/mol. The molecule has 0 amide bonds.